The van der Waals surface area contributed by atoms with Crippen LogP contribution in [0.15, 0.2) is 6.07 Å². The number of likely N-dealkylation sites (tertiary alicyclic amines) is 1. The van der Waals surface area contributed by atoms with Gasteiger partial charge in [0.1, 0.15) is 0 Å². The average molecular weight is 250 g/mol. The Morgan fingerprint density at radius 3 is 2.89 bits per heavy atom. The predicted molar refractivity (Wildman–Crippen MR) is 74.2 cm³/mol. The van der Waals surface area contributed by atoms with Gasteiger partial charge in [-0.15, -0.1) is 0 Å². The molecule has 2 heterocycles. The molecule has 2 rings (SSSR count). The summed E-state index contributed by atoms with van der Waals surface area (Å²) in [5, 5.41) is 4.52. The van der Waals surface area contributed by atoms with E-state index < -0.39 is 0 Å². The zero-order chi connectivity index (χ0) is 13.1. The topological polar surface area (TPSA) is 47.1 Å². The van der Waals surface area contributed by atoms with Gasteiger partial charge in [-0.3, -0.25) is 9.58 Å². The Labute approximate surface area is 110 Å². The van der Waals surface area contributed by atoms with Crippen molar-refractivity contribution >= 4 is 0 Å². The molecule has 2 unspecified atom stereocenters. The van der Waals surface area contributed by atoms with E-state index in [1.807, 2.05) is 11.7 Å². The lowest BCUT2D eigenvalue weighted by Crippen LogP contribution is -2.45. The van der Waals surface area contributed by atoms with Gasteiger partial charge in [-0.05, 0) is 37.8 Å². The molecule has 18 heavy (non-hydrogen) atoms. The highest BCUT2D eigenvalue weighted by Gasteiger charge is 2.25. The molecule has 0 spiro atoms. The summed E-state index contributed by atoms with van der Waals surface area (Å²) >= 11 is 0. The molecule has 0 amide bonds. The molecule has 1 aliphatic rings. The van der Waals surface area contributed by atoms with Gasteiger partial charge in [-0.2, -0.15) is 5.10 Å². The van der Waals surface area contributed by atoms with Crippen molar-refractivity contribution in [3.05, 3.63) is 17.5 Å². The van der Waals surface area contributed by atoms with Crippen molar-refractivity contribution in [2.75, 3.05) is 13.1 Å². The van der Waals surface area contributed by atoms with Crippen molar-refractivity contribution in [3.8, 4) is 0 Å². The summed E-state index contributed by atoms with van der Waals surface area (Å²) in [6.45, 7) is 7.40. The lowest BCUT2D eigenvalue weighted by molar-refractivity contribution is 0.112. The number of aromatic nitrogens is 2. The molecule has 0 radical (unpaired) electrons. The summed E-state index contributed by atoms with van der Waals surface area (Å²) < 4.78 is 2.02. The van der Waals surface area contributed by atoms with E-state index in [-0.39, 0.29) is 0 Å². The maximum absolute atomic E-state index is 5.91. The van der Waals surface area contributed by atoms with E-state index in [9.17, 15) is 0 Å². The fourth-order valence-electron chi connectivity index (χ4n) is 2.85. The lowest BCUT2D eigenvalue weighted by atomic mass is 9.92. The van der Waals surface area contributed by atoms with Gasteiger partial charge in [0, 0.05) is 26.2 Å². The Balaban J connectivity index is 2.05. The number of aryl methyl sites for hydroxylation is 2. The molecule has 2 atom stereocenters. The minimum Gasteiger partial charge on any atom is -0.329 e. The van der Waals surface area contributed by atoms with Crippen molar-refractivity contribution in [3.63, 3.8) is 0 Å². The molecule has 1 aromatic rings. The number of hydrogen-bond donors (Lipinski definition) is 1. The molecule has 4 heteroatoms. The standard InChI is InChI=1S/C14H26N4/c1-4-12-8-14(17(3)16-12)10-18-6-5-11(2)7-13(18)9-15/h8,11,13H,4-7,9-10,15H2,1-3H3. The second kappa shape index (κ2) is 5.85. The first-order valence-corrected chi connectivity index (χ1v) is 7.10. The summed E-state index contributed by atoms with van der Waals surface area (Å²) in [6, 6.07) is 2.76. The lowest BCUT2D eigenvalue weighted by Gasteiger charge is -2.37. The first-order valence-electron chi connectivity index (χ1n) is 7.10. The molecule has 1 saturated heterocycles. The van der Waals surface area contributed by atoms with Crippen molar-refractivity contribution in [2.45, 2.75) is 45.7 Å². The van der Waals surface area contributed by atoms with Crippen LogP contribution in [0.4, 0.5) is 0 Å². The minimum atomic E-state index is 0.536. The highest BCUT2D eigenvalue weighted by molar-refractivity contribution is 5.10. The van der Waals surface area contributed by atoms with Gasteiger partial charge in [-0.25, -0.2) is 0 Å². The van der Waals surface area contributed by atoms with Crippen LogP contribution in [0, 0.1) is 5.92 Å². The fourth-order valence-corrected chi connectivity index (χ4v) is 2.85. The van der Waals surface area contributed by atoms with E-state index in [1.54, 1.807) is 0 Å². The van der Waals surface area contributed by atoms with Gasteiger partial charge in [0.15, 0.2) is 0 Å². The largest absolute Gasteiger partial charge is 0.329 e. The molecule has 0 aromatic carbocycles. The first-order chi connectivity index (χ1) is 8.63. The summed E-state index contributed by atoms with van der Waals surface area (Å²) in [6.07, 6.45) is 3.52. The molecule has 1 fully saturated rings. The normalized spacial score (nSPS) is 25.6. The molecule has 0 bridgehead atoms. The molecule has 102 valence electrons. The van der Waals surface area contributed by atoms with E-state index in [0.29, 0.717) is 6.04 Å². The van der Waals surface area contributed by atoms with E-state index in [2.05, 4.69) is 29.9 Å². The Bertz CT molecular complexity index is 385. The van der Waals surface area contributed by atoms with E-state index >= 15 is 0 Å². The Morgan fingerprint density at radius 2 is 2.28 bits per heavy atom. The molecular weight excluding hydrogens is 224 g/mol. The monoisotopic (exact) mass is 250 g/mol. The number of rotatable bonds is 4. The molecule has 0 saturated carbocycles. The van der Waals surface area contributed by atoms with Crippen LogP contribution in [-0.4, -0.2) is 33.8 Å². The van der Waals surface area contributed by atoms with Crippen LogP contribution in [0.2, 0.25) is 0 Å². The van der Waals surface area contributed by atoms with Gasteiger partial charge < -0.3 is 5.73 Å². The third kappa shape index (κ3) is 2.93. The molecule has 2 N–H and O–H groups in total. The highest BCUT2D eigenvalue weighted by atomic mass is 15.3. The molecular formula is C14H26N4. The van der Waals surface area contributed by atoms with Crippen molar-refractivity contribution in [1.82, 2.24) is 14.7 Å². The van der Waals surface area contributed by atoms with Crippen molar-refractivity contribution in [2.24, 2.45) is 18.7 Å². The Hall–Kier alpha value is -0.870. The zero-order valence-corrected chi connectivity index (χ0v) is 11.9. The summed E-state index contributed by atoms with van der Waals surface area (Å²) in [7, 11) is 2.04. The molecule has 1 aliphatic heterocycles. The van der Waals surface area contributed by atoms with Gasteiger partial charge in [0.25, 0.3) is 0 Å². The second-order valence-electron chi connectivity index (χ2n) is 5.59. The summed E-state index contributed by atoms with van der Waals surface area (Å²) in [5.74, 6) is 0.813. The Morgan fingerprint density at radius 1 is 1.50 bits per heavy atom. The van der Waals surface area contributed by atoms with Crippen LogP contribution in [-0.2, 0) is 20.0 Å². The van der Waals surface area contributed by atoms with E-state index in [4.69, 9.17) is 5.73 Å². The van der Waals surface area contributed by atoms with Crippen LogP contribution in [0.3, 0.4) is 0 Å². The van der Waals surface area contributed by atoms with Gasteiger partial charge in [0.2, 0.25) is 0 Å². The van der Waals surface area contributed by atoms with E-state index in [0.717, 1.165) is 32.0 Å². The molecule has 4 nitrogen and oxygen atoms in total. The average Bonchev–Trinajstić information content (AvgIpc) is 2.72. The summed E-state index contributed by atoms with van der Waals surface area (Å²) in [4.78, 5) is 2.52. The van der Waals surface area contributed by atoms with Crippen LogP contribution in [0.5, 0.6) is 0 Å². The van der Waals surface area contributed by atoms with Crippen LogP contribution in [0.25, 0.3) is 0 Å². The van der Waals surface area contributed by atoms with Gasteiger partial charge in [-0.1, -0.05) is 13.8 Å². The number of nitrogens with zero attached hydrogens (tertiary/aromatic N) is 3. The Kier molecular flexibility index (Phi) is 4.40. The maximum Gasteiger partial charge on any atom is 0.0625 e. The third-order valence-electron chi connectivity index (χ3n) is 4.13. The zero-order valence-electron chi connectivity index (χ0n) is 11.9. The summed E-state index contributed by atoms with van der Waals surface area (Å²) in [5.41, 5.74) is 8.40. The second-order valence-corrected chi connectivity index (χ2v) is 5.59. The number of nitrogens with two attached hydrogens (primary N) is 1. The smallest absolute Gasteiger partial charge is 0.0625 e. The van der Waals surface area contributed by atoms with Gasteiger partial charge >= 0.3 is 0 Å². The molecule has 0 aliphatic carbocycles. The van der Waals surface area contributed by atoms with E-state index in [1.165, 1.54) is 24.2 Å². The third-order valence-corrected chi connectivity index (χ3v) is 4.13. The number of hydrogen-bond acceptors (Lipinski definition) is 3. The number of piperidine rings is 1. The van der Waals surface area contributed by atoms with Gasteiger partial charge in [0.05, 0.1) is 11.4 Å². The van der Waals surface area contributed by atoms with Crippen LogP contribution < -0.4 is 5.73 Å². The van der Waals surface area contributed by atoms with Crippen molar-refractivity contribution < 1.29 is 0 Å². The highest BCUT2D eigenvalue weighted by Crippen LogP contribution is 2.23. The first kappa shape index (κ1) is 13.6. The SMILES string of the molecule is CCc1cc(CN2CCC(C)CC2CN)n(C)n1. The minimum absolute atomic E-state index is 0.536. The van der Waals surface area contributed by atoms with Crippen LogP contribution >= 0.6 is 0 Å². The van der Waals surface area contributed by atoms with Crippen LogP contribution in [0.1, 0.15) is 38.1 Å². The maximum atomic E-state index is 5.91. The quantitative estimate of drug-likeness (QED) is 0.882. The molecule has 1 aromatic heterocycles. The fraction of sp³-hybridized carbons (Fsp3) is 0.786. The van der Waals surface area contributed by atoms with Crippen molar-refractivity contribution in [1.29, 1.82) is 0 Å². The predicted octanol–water partition coefficient (Wildman–Crippen LogP) is 1.54.